The number of aliphatic hydroxyl groups is 1. The molecule has 0 aromatic heterocycles. The van der Waals surface area contributed by atoms with Crippen molar-refractivity contribution in [2.24, 2.45) is 0 Å². The first kappa shape index (κ1) is 19.7. The number of benzene rings is 1. The molecule has 0 radical (unpaired) electrons. The minimum atomic E-state index is -3.67. The van der Waals surface area contributed by atoms with Gasteiger partial charge < -0.3 is 20.6 Å². The maximum Gasteiger partial charge on any atom is 0.261 e. The van der Waals surface area contributed by atoms with E-state index in [1.54, 1.807) is 6.07 Å². The number of aliphatic hydroxyl groups excluding tert-OH is 1. The molecule has 0 unspecified atom stereocenters. The number of rotatable bonds is 3. The highest BCUT2D eigenvalue weighted by Gasteiger charge is 2.14. The summed E-state index contributed by atoms with van der Waals surface area (Å²) in [6.07, 6.45) is 0.0122. The number of phenolic OH excluding ortho intramolecular Hbond substituents is 2. The number of phenols is 2. The van der Waals surface area contributed by atoms with Gasteiger partial charge in [0.1, 0.15) is 0 Å². The second-order valence-electron chi connectivity index (χ2n) is 5.63. The van der Waals surface area contributed by atoms with Crippen molar-refractivity contribution in [2.45, 2.75) is 32.4 Å². The van der Waals surface area contributed by atoms with Crippen LogP contribution in [0.3, 0.4) is 0 Å². The molecule has 1 aromatic carbocycles. The molecule has 0 amide bonds. The Morgan fingerprint density at radius 3 is 2.05 bits per heavy atom. The van der Waals surface area contributed by atoms with Crippen molar-refractivity contribution in [3.05, 3.63) is 23.8 Å². The first-order valence-corrected chi connectivity index (χ1v) is 8.02. The lowest BCUT2D eigenvalue weighted by atomic mass is 10.1. The van der Waals surface area contributed by atoms with E-state index >= 15 is 0 Å². The van der Waals surface area contributed by atoms with E-state index in [-0.39, 0.29) is 17.0 Å². The molecule has 0 aliphatic carbocycles. The molecule has 0 aliphatic heterocycles. The highest BCUT2D eigenvalue weighted by molar-refractivity contribution is 7.85. The van der Waals surface area contributed by atoms with Crippen LogP contribution in [0.25, 0.3) is 0 Å². The van der Waals surface area contributed by atoms with Gasteiger partial charge in [0.2, 0.25) is 0 Å². The minimum absolute atomic E-state index is 0.0695. The third-order valence-corrected chi connectivity index (χ3v) is 2.21. The summed E-state index contributed by atoms with van der Waals surface area (Å²) in [6.45, 7) is 6.42. The van der Waals surface area contributed by atoms with Crippen LogP contribution in [0.5, 0.6) is 11.5 Å². The molecule has 0 bridgehead atoms. The zero-order chi connectivity index (χ0) is 16.8. The molecule has 0 saturated carbocycles. The second-order valence-corrected chi connectivity index (χ2v) is 7.09. The van der Waals surface area contributed by atoms with Crippen LogP contribution in [0.1, 0.15) is 32.4 Å². The highest BCUT2D eigenvalue weighted by Crippen LogP contribution is 2.27. The van der Waals surface area contributed by atoms with Crippen molar-refractivity contribution in [2.75, 3.05) is 12.8 Å². The Kier molecular flexibility index (Phi) is 7.11. The lowest BCUT2D eigenvalue weighted by molar-refractivity contribution is 0.163. The lowest BCUT2D eigenvalue weighted by Crippen LogP contribution is -2.38. The summed E-state index contributed by atoms with van der Waals surface area (Å²) in [5.74, 6) is -0.396. The van der Waals surface area contributed by atoms with Crippen molar-refractivity contribution in [1.82, 2.24) is 5.32 Å². The fraction of sp³-hybridized carbons (Fsp3) is 0.538. The molecule has 0 saturated heterocycles. The van der Waals surface area contributed by atoms with Gasteiger partial charge in [0.15, 0.2) is 11.5 Å². The Bertz CT molecular complexity index is 542. The zero-order valence-electron chi connectivity index (χ0n) is 12.5. The van der Waals surface area contributed by atoms with E-state index in [1.165, 1.54) is 12.1 Å². The van der Waals surface area contributed by atoms with Crippen LogP contribution in [-0.2, 0) is 10.1 Å². The van der Waals surface area contributed by atoms with E-state index in [0.717, 1.165) is 0 Å². The van der Waals surface area contributed by atoms with E-state index in [0.29, 0.717) is 18.4 Å². The Balaban J connectivity index is 0.000000690. The molecule has 7 nitrogen and oxygen atoms in total. The minimum Gasteiger partial charge on any atom is -0.504 e. The third kappa shape index (κ3) is 11.0. The van der Waals surface area contributed by atoms with E-state index in [4.69, 9.17) is 9.66 Å². The SMILES string of the molecule is CC(C)(C)NC[C@H](O)c1ccc(O)c(O)c1.CS(=O)(=O)O. The second kappa shape index (κ2) is 7.60. The summed E-state index contributed by atoms with van der Waals surface area (Å²) >= 11 is 0. The molecule has 0 fully saturated rings. The first-order chi connectivity index (χ1) is 9.29. The molecule has 0 aliphatic rings. The topological polar surface area (TPSA) is 127 Å². The maximum atomic E-state index is 9.84. The molecule has 122 valence electrons. The van der Waals surface area contributed by atoms with Gasteiger partial charge >= 0.3 is 0 Å². The van der Waals surface area contributed by atoms with Gasteiger partial charge in [-0.1, -0.05) is 6.07 Å². The Morgan fingerprint density at radius 1 is 1.19 bits per heavy atom. The Hall–Kier alpha value is -1.35. The van der Waals surface area contributed by atoms with Gasteiger partial charge in [-0.3, -0.25) is 4.55 Å². The van der Waals surface area contributed by atoms with E-state index in [1.807, 2.05) is 20.8 Å². The van der Waals surface area contributed by atoms with Crippen molar-refractivity contribution >= 4 is 10.1 Å². The number of aromatic hydroxyl groups is 2. The molecule has 5 N–H and O–H groups in total. The molecular weight excluding hydrogens is 298 g/mol. The summed E-state index contributed by atoms with van der Waals surface area (Å²) in [4.78, 5) is 0. The summed E-state index contributed by atoms with van der Waals surface area (Å²) in [6, 6.07) is 4.32. The number of hydrogen-bond acceptors (Lipinski definition) is 6. The lowest BCUT2D eigenvalue weighted by Gasteiger charge is -2.23. The molecule has 1 aromatic rings. The van der Waals surface area contributed by atoms with Gasteiger partial charge in [-0.05, 0) is 38.5 Å². The summed E-state index contributed by atoms with van der Waals surface area (Å²) in [5.41, 5.74) is 0.506. The summed E-state index contributed by atoms with van der Waals surface area (Å²) < 4.78 is 25.9. The van der Waals surface area contributed by atoms with Gasteiger partial charge in [-0.25, -0.2) is 0 Å². The predicted octanol–water partition coefficient (Wildman–Crippen LogP) is 1.02. The van der Waals surface area contributed by atoms with Gasteiger partial charge in [0, 0.05) is 12.1 Å². The molecule has 0 heterocycles. The van der Waals surface area contributed by atoms with Crippen LogP contribution in [-0.4, -0.2) is 46.6 Å². The Morgan fingerprint density at radius 2 is 1.67 bits per heavy atom. The summed E-state index contributed by atoms with van der Waals surface area (Å²) in [7, 11) is -3.67. The largest absolute Gasteiger partial charge is 0.504 e. The number of hydrogen-bond donors (Lipinski definition) is 5. The average Bonchev–Trinajstić information content (AvgIpc) is 2.26. The fourth-order valence-corrected chi connectivity index (χ4v) is 1.27. The van der Waals surface area contributed by atoms with Crippen LogP contribution < -0.4 is 5.32 Å². The third-order valence-electron chi connectivity index (χ3n) is 2.21. The highest BCUT2D eigenvalue weighted by atomic mass is 32.2. The standard InChI is InChI=1S/C12H19NO3.CH4O3S/c1-12(2,3)13-7-11(16)8-4-5-9(14)10(15)6-8;1-5(2,3)4/h4-6,11,13-16H,7H2,1-3H3;1H3,(H,2,3,4)/t11-;/m0./s1. The molecule has 21 heavy (non-hydrogen) atoms. The van der Waals surface area contributed by atoms with Crippen LogP contribution in [0.2, 0.25) is 0 Å². The van der Waals surface area contributed by atoms with Gasteiger partial charge in [-0.15, -0.1) is 0 Å². The molecule has 8 heteroatoms. The maximum absolute atomic E-state index is 9.84. The van der Waals surface area contributed by atoms with Gasteiger partial charge in [0.05, 0.1) is 12.4 Å². The van der Waals surface area contributed by atoms with Gasteiger partial charge in [0.25, 0.3) is 10.1 Å². The van der Waals surface area contributed by atoms with Gasteiger partial charge in [-0.2, -0.15) is 8.42 Å². The van der Waals surface area contributed by atoms with Crippen molar-refractivity contribution in [3.63, 3.8) is 0 Å². The van der Waals surface area contributed by atoms with E-state index in [9.17, 15) is 18.6 Å². The van der Waals surface area contributed by atoms with E-state index in [2.05, 4.69) is 5.32 Å². The first-order valence-electron chi connectivity index (χ1n) is 6.17. The predicted molar refractivity (Wildman–Crippen MR) is 80.0 cm³/mol. The fourth-order valence-electron chi connectivity index (χ4n) is 1.27. The summed E-state index contributed by atoms with van der Waals surface area (Å²) in [5, 5.41) is 31.4. The quantitative estimate of drug-likeness (QED) is 0.415. The zero-order valence-corrected chi connectivity index (χ0v) is 13.3. The van der Waals surface area contributed by atoms with Crippen LogP contribution in [0, 0.1) is 0 Å². The van der Waals surface area contributed by atoms with Crippen LogP contribution >= 0.6 is 0 Å². The number of nitrogens with one attached hydrogen (secondary N) is 1. The monoisotopic (exact) mass is 321 g/mol. The molecule has 1 atom stereocenters. The van der Waals surface area contributed by atoms with Crippen molar-refractivity contribution < 1.29 is 28.3 Å². The molecule has 1 rings (SSSR count). The van der Waals surface area contributed by atoms with Crippen LogP contribution in [0.4, 0.5) is 0 Å². The molecular formula is C13H23NO6S. The average molecular weight is 321 g/mol. The smallest absolute Gasteiger partial charge is 0.261 e. The molecule has 0 spiro atoms. The van der Waals surface area contributed by atoms with Crippen molar-refractivity contribution in [1.29, 1.82) is 0 Å². The number of β-amino-alcohol motifs (C(OH)–C–C–N with tert-alkyl or cyclic N) is 1. The Labute approximate surface area is 125 Å². The normalized spacial score (nSPS) is 13.2. The van der Waals surface area contributed by atoms with Crippen LogP contribution in [0.15, 0.2) is 18.2 Å². The van der Waals surface area contributed by atoms with Crippen molar-refractivity contribution in [3.8, 4) is 11.5 Å². The van der Waals surface area contributed by atoms with E-state index < -0.39 is 16.2 Å².